The Balaban J connectivity index is 1.78. The van der Waals surface area contributed by atoms with E-state index in [-0.39, 0.29) is 0 Å². The number of alkyl halides is 1. The van der Waals surface area contributed by atoms with Crippen LogP contribution in [0.3, 0.4) is 0 Å². The third kappa shape index (κ3) is 6.02. The molecule has 0 bridgehead atoms. The van der Waals surface area contributed by atoms with Crippen molar-refractivity contribution in [3.63, 3.8) is 0 Å². The van der Waals surface area contributed by atoms with E-state index in [1.165, 1.54) is 0 Å². The van der Waals surface area contributed by atoms with E-state index in [0.717, 1.165) is 28.7 Å². The van der Waals surface area contributed by atoms with Gasteiger partial charge in [0.2, 0.25) is 0 Å². The van der Waals surface area contributed by atoms with Gasteiger partial charge in [0.05, 0.1) is 11.7 Å². The highest BCUT2D eigenvalue weighted by Gasteiger charge is 2.11. The number of benzene rings is 2. The summed E-state index contributed by atoms with van der Waals surface area (Å²) < 4.78 is 18.7. The largest absolute Gasteiger partial charge is 0.489 e. The van der Waals surface area contributed by atoms with Crippen molar-refractivity contribution in [2.24, 2.45) is 0 Å². The highest BCUT2D eigenvalue weighted by molar-refractivity contribution is 5.73. The fourth-order valence-corrected chi connectivity index (χ4v) is 2.98. The molecule has 0 aliphatic rings. The maximum absolute atomic E-state index is 12.8. The minimum Gasteiger partial charge on any atom is -0.489 e. The van der Waals surface area contributed by atoms with E-state index in [4.69, 9.17) is 4.74 Å². The molecule has 1 aromatic heterocycles. The van der Waals surface area contributed by atoms with Crippen molar-refractivity contribution in [1.82, 2.24) is 9.97 Å². The second-order valence-corrected chi connectivity index (χ2v) is 6.94. The molecule has 2 aromatic carbocycles. The molecule has 0 saturated carbocycles. The standard InChI is InChI=1S/C26H25FN2O/c1-3-18-30-25-19-23(14-15-24(25)26-28-16-7-17-29-26)22-12-10-21(11-13-22)9-6-4-5-8-20(2)27/h3,7,10-17,19-20H,1,4-5,8,18H2,2H3. The topological polar surface area (TPSA) is 35.0 Å². The van der Waals surface area contributed by atoms with E-state index in [9.17, 15) is 4.39 Å². The van der Waals surface area contributed by atoms with Gasteiger partial charge in [-0.2, -0.15) is 0 Å². The van der Waals surface area contributed by atoms with Crippen molar-refractivity contribution in [1.29, 1.82) is 0 Å². The van der Waals surface area contributed by atoms with Crippen molar-refractivity contribution in [2.45, 2.75) is 32.4 Å². The Labute approximate surface area is 177 Å². The lowest BCUT2D eigenvalue weighted by molar-refractivity contribution is 0.336. The van der Waals surface area contributed by atoms with Gasteiger partial charge in [0, 0.05) is 24.4 Å². The van der Waals surface area contributed by atoms with Gasteiger partial charge in [0.15, 0.2) is 5.82 Å². The first-order chi connectivity index (χ1) is 14.7. The van der Waals surface area contributed by atoms with E-state index in [2.05, 4.69) is 28.4 Å². The predicted molar refractivity (Wildman–Crippen MR) is 120 cm³/mol. The van der Waals surface area contributed by atoms with Crippen LogP contribution in [0.4, 0.5) is 4.39 Å². The summed E-state index contributed by atoms with van der Waals surface area (Å²) in [6.07, 6.45) is 6.44. The minimum atomic E-state index is -0.758. The first-order valence-corrected chi connectivity index (χ1v) is 10.1. The number of hydrogen-bond acceptors (Lipinski definition) is 3. The van der Waals surface area contributed by atoms with Gasteiger partial charge in [-0.3, -0.25) is 0 Å². The monoisotopic (exact) mass is 400 g/mol. The third-order valence-corrected chi connectivity index (χ3v) is 4.50. The molecular weight excluding hydrogens is 375 g/mol. The van der Waals surface area contributed by atoms with Crippen LogP contribution in [0.15, 0.2) is 73.6 Å². The van der Waals surface area contributed by atoms with Crippen LogP contribution in [-0.2, 0) is 0 Å². The van der Waals surface area contributed by atoms with Crippen LogP contribution >= 0.6 is 0 Å². The number of aromatic nitrogens is 2. The summed E-state index contributed by atoms with van der Waals surface area (Å²) in [7, 11) is 0. The van der Waals surface area contributed by atoms with Crippen molar-refractivity contribution < 1.29 is 9.13 Å². The van der Waals surface area contributed by atoms with E-state index in [1.54, 1.807) is 31.5 Å². The zero-order valence-corrected chi connectivity index (χ0v) is 17.1. The van der Waals surface area contributed by atoms with Crippen LogP contribution in [0.2, 0.25) is 0 Å². The van der Waals surface area contributed by atoms with Gasteiger partial charge in [-0.15, -0.1) is 0 Å². The van der Waals surface area contributed by atoms with Crippen LogP contribution in [0, 0.1) is 11.8 Å². The Bertz CT molecular complexity index is 1020. The summed E-state index contributed by atoms with van der Waals surface area (Å²) in [4.78, 5) is 8.66. The van der Waals surface area contributed by atoms with Crippen LogP contribution in [-0.4, -0.2) is 22.7 Å². The van der Waals surface area contributed by atoms with Crippen molar-refractivity contribution >= 4 is 0 Å². The average molecular weight is 400 g/mol. The van der Waals surface area contributed by atoms with Gasteiger partial charge in [-0.25, -0.2) is 14.4 Å². The molecule has 0 N–H and O–H groups in total. The Hall–Kier alpha value is -3.45. The predicted octanol–water partition coefficient (Wildman–Crippen LogP) is 6.26. The molecule has 0 fully saturated rings. The summed E-state index contributed by atoms with van der Waals surface area (Å²) in [6, 6.07) is 15.9. The smallest absolute Gasteiger partial charge is 0.162 e. The highest BCUT2D eigenvalue weighted by Crippen LogP contribution is 2.32. The van der Waals surface area contributed by atoms with E-state index >= 15 is 0 Å². The molecule has 1 unspecified atom stereocenters. The molecule has 3 nitrogen and oxygen atoms in total. The maximum Gasteiger partial charge on any atom is 0.162 e. The normalized spacial score (nSPS) is 11.3. The second-order valence-electron chi connectivity index (χ2n) is 6.94. The molecule has 0 radical (unpaired) electrons. The lowest BCUT2D eigenvalue weighted by Crippen LogP contribution is -1.97. The number of rotatable bonds is 8. The minimum absolute atomic E-state index is 0.402. The molecule has 30 heavy (non-hydrogen) atoms. The SMILES string of the molecule is C=CCOc1cc(-c2ccc(C#CCCCC(C)F)cc2)ccc1-c1ncccn1. The molecule has 3 aromatic rings. The Kier molecular flexibility index (Phi) is 7.74. The van der Waals surface area contributed by atoms with Crippen molar-refractivity contribution in [3.8, 4) is 40.1 Å². The van der Waals surface area contributed by atoms with Crippen LogP contribution < -0.4 is 4.74 Å². The second kappa shape index (κ2) is 10.9. The van der Waals surface area contributed by atoms with Crippen LogP contribution in [0.25, 0.3) is 22.5 Å². The molecule has 0 saturated heterocycles. The number of nitrogens with zero attached hydrogens (tertiary/aromatic N) is 2. The van der Waals surface area contributed by atoms with Crippen molar-refractivity contribution in [2.75, 3.05) is 6.61 Å². The summed E-state index contributed by atoms with van der Waals surface area (Å²) in [6.45, 7) is 5.71. The average Bonchev–Trinajstić information content (AvgIpc) is 2.78. The molecule has 152 valence electrons. The first-order valence-electron chi connectivity index (χ1n) is 10.1. The highest BCUT2D eigenvalue weighted by atomic mass is 19.1. The Morgan fingerprint density at radius 3 is 2.53 bits per heavy atom. The molecular formula is C26H25FN2O. The summed E-state index contributed by atoms with van der Waals surface area (Å²) in [5, 5.41) is 0. The zero-order chi connectivity index (χ0) is 21.2. The van der Waals surface area contributed by atoms with Gasteiger partial charge in [-0.1, -0.05) is 42.7 Å². The lowest BCUT2D eigenvalue weighted by atomic mass is 10.0. The van der Waals surface area contributed by atoms with Gasteiger partial charge in [-0.05, 0) is 61.2 Å². The number of ether oxygens (including phenoxy) is 1. The van der Waals surface area contributed by atoms with E-state index < -0.39 is 6.17 Å². The Morgan fingerprint density at radius 2 is 1.83 bits per heavy atom. The first kappa shape index (κ1) is 21.3. The fourth-order valence-electron chi connectivity index (χ4n) is 2.98. The molecule has 1 atom stereocenters. The molecule has 0 amide bonds. The van der Waals surface area contributed by atoms with Crippen LogP contribution in [0.1, 0.15) is 31.7 Å². The maximum atomic E-state index is 12.8. The van der Waals surface area contributed by atoms with E-state index in [0.29, 0.717) is 31.0 Å². The number of hydrogen-bond donors (Lipinski definition) is 0. The van der Waals surface area contributed by atoms with E-state index in [1.807, 2.05) is 42.5 Å². The quantitative estimate of drug-likeness (QED) is 0.254. The van der Waals surface area contributed by atoms with Gasteiger partial charge >= 0.3 is 0 Å². The summed E-state index contributed by atoms with van der Waals surface area (Å²) in [5.41, 5.74) is 3.89. The molecule has 0 aliphatic heterocycles. The lowest BCUT2D eigenvalue weighted by Gasteiger charge is -2.12. The number of unbranched alkanes of at least 4 members (excludes halogenated alkanes) is 1. The fraction of sp³-hybridized carbons (Fsp3) is 0.231. The zero-order valence-electron chi connectivity index (χ0n) is 17.1. The molecule has 0 spiro atoms. The van der Waals surface area contributed by atoms with Gasteiger partial charge in [0.1, 0.15) is 12.4 Å². The van der Waals surface area contributed by atoms with Gasteiger partial charge in [0.25, 0.3) is 0 Å². The number of halogens is 1. The summed E-state index contributed by atoms with van der Waals surface area (Å²) in [5.74, 6) is 7.59. The van der Waals surface area contributed by atoms with Crippen molar-refractivity contribution in [3.05, 3.63) is 79.1 Å². The van der Waals surface area contributed by atoms with Gasteiger partial charge < -0.3 is 4.74 Å². The third-order valence-electron chi connectivity index (χ3n) is 4.50. The molecule has 0 aliphatic carbocycles. The Morgan fingerprint density at radius 1 is 1.10 bits per heavy atom. The van der Waals surface area contributed by atoms with Crippen LogP contribution in [0.5, 0.6) is 5.75 Å². The molecule has 4 heteroatoms. The molecule has 3 rings (SSSR count). The molecule has 1 heterocycles. The summed E-state index contributed by atoms with van der Waals surface area (Å²) >= 11 is 0.